The van der Waals surface area contributed by atoms with Gasteiger partial charge in [0.05, 0.1) is 6.10 Å². The molecule has 104 valence electrons. The van der Waals surface area contributed by atoms with Gasteiger partial charge in [-0.25, -0.2) is 0 Å². The minimum atomic E-state index is 0.263. The van der Waals surface area contributed by atoms with E-state index in [4.69, 9.17) is 10.5 Å². The second-order valence-electron chi connectivity index (χ2n) is 5.89. The van der Waals surface area contributed by atoms with Crippen molar-refractivity contribution in [1.82, 2.24) is 4.90 Å². The zero-order valence-corrected chi connectivity index (χ0v) is 11.4. The van der Waals surface area contributed by atoms with Crippen LogP contribution in [-0.2, 0) is 9.53 Å². The Balaban J connectivity index is 1.69. The summed E-state index contributed by atoms with van der Waals surface area (Å²) in [6, 6.07) is 0.362. The molecule has 0 spiro atoms. The number of hydrogen-bond donors (Lipinski definition) is 1. The van der Waals surface area contributed by atoms with Crippen LogP contribution in [0.1, 0.15) is 44.9 Å². The molecule has 1 amide bonds. The Bertz CT molecular complexity index is 269. The Labute approximate surface area is 110 Å². The van der Waals surface area contributed by atoms with Crippen LogP contribution in [0.2, 0.25) is 0 Å². The highest BCUT2D eigenvalue weighted by Crippen LogP contribution is 2.26. The molecule has 0 aromatic heterocycles. The maximum atomic E-state index is 12.1. The molecule has 4 heteroatoms. The molecule has 2 fully saturated rings. The first-order valence-corrected chi connectivity index (χ1v) is 7.26. The van der Waals surface area contributed by atoms with E-state index in [-0.39, 0.29) is 12.0 Å². The highest BCUT2D eigenvalue weighted by Gasteiger charge is 2.24. The third kappa shape index (κ3) is 3.95. The minimum Gasteiger partial charge on any atom is -0.376 e. The predicted molar refractivity (Wildman–Crippen MR) is 71.2 cm³/mol. The summed E-state index contributed by atoms with van der Waals surface area (Å²) in [4.78, 5) is 14.0. The van der Waals surface area contributed by atoms with Crippen LogP contribution in [0.3, 0.4) is 0 Å². The van der Waals surface area contributed by atoms with Crippen molar-refractivity contribution in [2.75, 3.05) is 20.2 Å². The number of carbonyl (C=O) groups excluding carboxylic acids is 1. The Hall–Kier alpha value is -0.610. The molecule has 1 aliphatic heterocycles. The van der Waals surface area contributed by atoms with E-state index < -0.39 is 0 Å². The first kappa shape index (κ1) is 13.8. The van der Waals surface area contributed by atoms with Gasteiger partial charge in [0.1, 0.15) is 0 Å². The molecule has 2 N–H and O–H groups in total. The maximum absolute atomic E-state index is 12.1. The van der Waals surface area contributed by atoms with E-state index in [0.717, 1.165) is 51.7 Å². The molecule has 0 bridgehead atoms. The smallest absolute Gasteiger partial charge is 0.222 e. The van der Waals surface area contributed by atoms with E-state index in [1.165, 1.54) is 0 Å². The quantitative estimate of drug-likeness (QED) is 0.828. The number of nitrogens with two attached hydrogens (primary N) is 1. The molecule has 1 atom stereocenters. The summed E-state index contributed by atoms with van der Waals surface area (Å²) in [6.45, 7) is 1.61. The number of rotatable bonds is 4. The second kappa shape index (κ2) is 6.53. The number of likely N-dealkylation sites (N-methyl/N-ethyl adjacent to an activating group) is 1. The summed E-state index contributed by atoms with van der Waals surface area (Å²) >= 11 is 0. The van der Waals surface area contributed by atoms with Gasteiger partial charge in [-0.15, -0.1) is 0 Å². The zero-order chi connectivity index (χ0) is 13.0. The highest BCUT2D eigenvalue weighted by atomic mass is 16.5. The van der Waals surface area contributed by atoms with Crippen molar-refractivity contribution < 1.29 is 9.53 Å². The standard InChI is InChI=1S/C14H26N2O2/c1-16(10-13-3-2-8-18-13)14(17)9-11-4-6-12(15)7-5-11/h11-13H,2-10,15H2,1H3. The lowest BCUT2D eigenvalue weighted by Gasteiger charge is -2.28. The van der Waals surface area contributed by atoms with E-state index in [2.05, 4.69) is 0 Å². The third-order valence-corrected chi connectivity index (χ3v) is 4.28. The van der Waals surface area contributed by atoms with Crippen molar-refractivity contribution in [1.29, 1.82) is 0 Å². The van der Waals surface area contributed by atoms with Crippen LogP contribution < -0.4 is 5.73 Å². The SMILES string of the molecule is CN(CC1CCCO1)C(=O)CC1CCC(N)CC1. The number of carbonyl (C=O) groups is 1. The van der Waals surface area contributed by atoms with Crippen molar-refractivity contribution in [3.05, 3.63) is 0 Å². The fourth-order valence-corrected chi connectivity index (χ4v) is 2.99. The van der Waals surface area contributed by atoms with Crippen molar-refractivity contribution >= 4 is 5.91 Å². The molecule has 4 nitrogen and oxygen atoms in total. The van der Waals surface area contributed by atoms with E-state index >= 15 is 0 Å². The summed E-state index contributed by atoms with van der Waals surface area (Å²) in [6.07, 6.45) is 7.56. The molecule has 1 saturated carbocycles. The van der Waals surface area contributed by atoms with Crippen molar-refractivity contribution in [2.45, 2.75) is 57.1 Å². The number of nitrogens with zero attached hydrogens (tertiary/aromatic N) is 1. The molecule has 0 aromatic carbocycles. The van der Waals surface area contributed by atoms with Gasteiger partial charge in [0, 0.05) is 32.7 Å². The third-order valence-electron chi connectivity index (χ3n) is 4.28. The van der Waals surface area contributed by atoms with E-state index in [0.29, 0.717) is 18.4 Å². The molecular weight excluding hydrogens is 228 g/mol. The predicted octanol–water partition coefficient (Wildman–Crippen LogP) is 1.53. The van der Waals surface area contributed by atoms with Gasteiger partial charge in [-0.2, -0.15) is 0 Å². The molecule has 0 aromatic rings. The largest absolute Gasteiger partial charge is 0.376 e. The van der Waals surface area contributed by atoms with Crippen molar-refractivity contribution in [3.63, 3.8) is 0 Å². The first-order valence-electron chi connectivity index (χ1n) is 7.26. The first-order chi connectivity index (χ1) is 8.65. The minimum absolute atomic E-state index is 0.263. The van der Waals surface area contributed by atoms with Gasteiger partial charge in [0.2, 0.25) is 5.91 Å². The van der Waals surface area contributed by atoms with E-state index in [9.17, 15) is 4.79 Å². The number of hydrogen-bond acceptors (Lipinski definition) is 3. The normalized spacial score (nSPS) is 32.4. The van der Waals surface area contributed by atoms with Crippen LogP contribution in [0.15, 0.2) is 0 Å². The second-order valence-corrected chi connectivity index (χ2v) is 5.89. The van der Waals surface area contributed by atoms with Gasteiger partial charge < -0.3 is 15.4 Å². The van der Waals surface area contributed by atoms with E-state index in [1.54, 1.807) is 0 Å². The van der Waals surface area contributed by atoms with Gasteiger partial charge in [-0.05, 0) is 44.4 Å². The molecule has 18 heavy (non-hydrogen) atoms. The summed E-state index contributed by atoms with van der Waals surface area (Å²) in [5, 5.41) is 0. The van der Waals surface area contributed by atoms with E-state index in [1.807, 2.05) is 11.9 Å². The van der Waals surface area contributed by atoms with Crippen molar-refractivity contribution in [3.8, 4) is 0 Å². The molecular formula is C14H26N2O2. The Morgan fingerprint density at radius 1 is 1.28 bits per heavy atom. The average molecular weight is 254 g/mol. The molecule has 1 heterocycles. The summed E-state index contributed by atoms with van der Waals surface area (Å²) in [5.41, 5.74) is 5.88. The Morgan fingerprint density at radius 3 is 2.61 bits per heavy atom. The summed E-state index contributed by atoms with van der Waals surface area (Å²) in [5.74, 6) is 0.815. The lowest BCUT2D eigenvalue weighted by Crippen LogP contribution is -2.36. The van der Waals surface area contributed by atoms with Crippen LogP contribution in [-0.4, -0.2) is 43.2 Å². The Kier molecular flexibility index (Phi) is 5.01. The number of amides is 1. The molecule has 1 aliphatic carbocycles. The van der Waals surface area contributed by atoms with Gasteiger partial charge in [-0.1, -0.05) is 0 Å². The number of ether oxygens (including phenoxy) is 1. The lowest BCUT2D eigenvalue weighted by atomic mass is 9.84. The van der Waals surface area contributed by atoms with Crippen LogP contribution >= 0.6 is 0 Å². The topological polar surface area (TPSA) is 55.6 Å². The molecule has 2 aliphatic rings. The van der Waals surface area contributed by atoms with Crippen LogP contribution in [0.25, 0.3) is 0 Å². The zero-order valence-electron chi connectivity index (χ0n) is 11.4. The molecule has 0 radical (unpaired) electrons. The molecule has 1 saturated heterocycles. The monoisotopic (exact) mass is 254 g/mol. The van der Waals surface area contributed by atoms with Crippen LogP contribution in [0, 0.1) is 5.92 Å². The molecule has 2 rings (SSSR count). The average Bonchev–Trinajstić information content (AvgIpc) is 2.85. The summed E-state index contributed by atoms with van der Waals surface area (Å²) in [7, 11) is 1.90. The Morgan fingerprint density at radius 2 is 2.00 bits per heavy atom. The highest BCUT2D eigenvalue weighted by molar-refractivity contribution is 5.76. The van der Waals surface area contributed by atoms with Gasteiger partial charge >= 0.3 is 0 Å². The van der Waals surface area contributed by atoms with Gasteiger partial charge in [0.15, 0.2) is 0 Å². The molecule has 1 unspecified atom stereocenters. The lowest BCUT2D eigenvalue weighted by molar-refractivity contribution is -0.132. The van der Waals surface area contributed by atoms with Crippen LogP contribution in [0.4, 0.5) is 0 Å². The fourth-order valence-electron chi connectivity index (χ4n) is 2.99. The maximum Gasteiger partial charge on any atom is 0.222 e. The van der Waals surface area contributed by atoms with Crippen molar-refractivity contribution in [2.24, 2.45) is 11.7 Å². The van der Waals surface area contributed by atoms with Crippen LogP contribution in [0.5, 0.6) is 0 Å². The van der Waals surface area contributed by atoms with Gasteiger partial charge in [-0.3, -0.25) is 4.79 Å². The van der Waals surface area contributed by atoms with Gasteiger partial charge in [0.25, 0.3) is 0 Å². The summed E-state index contributed by atoms with van der Waals surface area (Å²) < 4.78 is 5.57. The fraction of sp³-hybridized carbons (Fsp3) is 0.929.